The largest absolute Gasteiger partial charge is 0.493 e. The summed E-state index contributed by atoms with van der Waals surface area (Å²) in [5.74, 6) is 2.42. The first-order valence-electron chi connectivity index (χ1n) is 9.82. The molecule has 1 heterocycles. The number of carbonyl (C=O) groups excluding carboxylic acids is 1. The van der Waals surface area contributed by atoms with Gasteiger partial charge in [-0.25, -0.2) is 0 Å². The number of benzene rings is 2. The van der Waals surface area contributed by atoms with Crippen molar-refractivity contribution in [2.45, 2.75) is 40.2 Å². The average Bonchev–Trinajstić information content (AvgIpc) is 2.68. The van der Waals surface area contributed by atoms with E-state index in [1.54, 1.807) is 0 Å². The quantitative estimate of drug-likeness (QED) is 0.733. The molecule has 1 fully saturated rings. The second-order valence-electron chi connectivity index (χ2n) is 7.28. The highest BCUT2D eigenvalue weighted by Crippen LogP contribution is 2.26. The lowest BCUT2D eigenvalue weighted by Crippen LogP contribution is -2.37. The molecule has 0 radical (unpaired) electrons. The Morgan fingerprint density at radius 1 is 1.07 bits per heavy atom. The molecule has 1 amide bonds. The van der Waals surface area contributed by atoms with Crippen molar-refractivity contribution in [1.82, 2.24) is 4.90 Å². The van der Waals surface area contributed by atoms with Crippen LogP contribution in [-0.4, -0.2) is 30.5 Å². The van der Waals surface area contributed by atoms with E-state index >= 15 is 0 Å². The second kappa shape index (κ2) is 8.94. The summed E-state index contributed by atoms with van der Waals surface area (Å²) in [5, 5.41) is 0. The van der Waals surface area contributed by atoms with Gasteiger partial charge in [0.25, 0.3) is 5.91 Å². The van der Waals surface area contributed by atoms with E-state index in [9.17, 15) is 4.79 Å². The Bertz CT molecular complexity index is 779. The first kappa shape index (κ1) is 19.3. The number of nitrogens with zero attached hydrogens (tertiary/aromatic N) is 1. The van der Waals surface area contributed by atoms with Gasteiger partial charge in [-0.05, 0) is 62.4 Å². The van der Waals surface area contributed by atoms with Crippen LogP contribution >= 0.6 is 0 Å². The normalized spacial score (nSPS) is 14.9. The van der Waals surface area contributed by atoms with Crippen LogP contribution in [0.3, 0.4) is 0 Å². The van der Waals surface area contributed by atoms with E-state index in [4.69, 9.17) is 9.47 Å². The molecule has 1 saturated heterocycles. The van der Waals surface area contributed by atoms with Crippen LogP contribution in [0.15, 0.2) is 42.5 Å². The van der Waals surface area contributed by atoms with Crippen LogP contribution in [0.4, 0.5) is 0 Å². The Morgan fingerprint density at radius 2 is 1.81 bits per heavy atom. The molecule has 1 aliphatic heterocycles. The fourth-order valence-electron chi connectivity index (χ4n) is 3.39. The zero-order valence-corrected chi connectivity index (χ0v) is 16.5. The minimum Gasteiger partial charge on any atom is -0.493 e. The summed E-state index contributed by atoms with van der Waals surface area (Å²) >= 11 is 0. The molecule has 4 heteroatoms. The van der Waals surface area contributed by atoms with E-state index in [0.29, 0.717) is 24.7 Å². The highest BCUT2D eigenvalue weighted by atomic mass is 16.5. The van der Waals surface area contributed by atoms with Crippen molar-refractivity contribution in [3.63, 3.8) is 0 Å². The van der Waals surface area contributed by atoms with E-state index < -0.39 is 0 Å². The molecule has 0 saturated carbocycles. The molecule has 144 valence electrons. The third kappa shape index (κ3) is 4.82. The van der Waals surface area contributed by atoms with Gasteiger partial charge in [0.05, 0.1) is 6.61 Å². The number of para-hydroxylation sites is 1. The average molecular weight is 367 g/mol. The molecule has 3 rings (SSSR count). The molecule has 1 aliphatic rings. The first-order valence-corrected chi connectivity index (χ1v) is 9.82. The summed E-state index contributed by atoms with van der Waals surface area (Å²) in [7, 11) is 0. The van der Waals surface area contributed by atoms with E-state index in [-0.39, 0.29) is 5.91 Å². The lowest BCUT2D eigenvalue weighted by atomic mass is 9.98. The van der Waals surface area contributed by atoms with E-state index in [1.807, 2.05) is 61.2 Å². The van der Waals surface area contributed by atoms with Crippen LogP contribution in [0.2, 0.25) is 0 Å². The number of hydrogen-bond acceptors (Lipinski definition) is 3. The molecule has 0 spiro atoms. The highest BCUT2D eigenvalue weighted by molar-refractivity contribution is 5.94. The molecule has 27 heavy (non-hydrogen) atoms. The first-order chi connectivity index (χ1) is 13.1. The van der Waals surface area contributed by atoms with Gasteiger partial charge in [-0.2, -0.15) is 0 Å². The summed E-state index contributed by atoms with van der Waals surface area (Å²) in [4.78, 5) is 14.9. The second-order valence-corrected chi connectivity index (χ2v) is 7.28. The van der Waals surface area contributed by atoms with Crippen molar-refractivity contribution in [1.29, 1.82) is 0 Å². The fourth-order valence-corrected chi connectivity index (χ4v) is 3.39. The molecule has 2 aromatic carbocycles. The van der Waals surface area contributed by atoms with Crippen LogP contribution in [0, 0.1) is 12.8 Å². The molecular weight excluding hydrogens is 338 g/mol. The highest BCUT2D eigenvalue weighted by Gasteiger charge is 2.22. The third-order valence-electron chi connectivity index (χ3n) is 5.15. The van der Waals surface area contributed by atoms with Gasteiger partial charge in [-0.1, -0.05) is 25.1 Å². The van der Waals surface area contributed by atoms with Crippen LogP contribution in [-0.2, 0) is 6.61 Å². The molecular formula is C23H29NO3. The number of likely N-dealkylation sites (tertiary alicyclic amines) is 1. The number of carbonyl (C=O) groups is 1. The van der Waals surface area contributed by atoms with Gasteiger partial charge < -0.3 is 14.4 Å². The van der Waals surface area contributed by atoms with Crippen LogP contribution in [0.1, 0.15) is 48.2 Å². The van der Waals surface area contributed by atoms with Gasteiger partial charge in [0.15, 0.2) is 0 Å². The van der Waals surface area contributed by atoms with Gasteiger partial charge in [0.2, 0.25) is 0 Å². The monoisotopic (exact) mass is 367 g/mol. The number of hydrogen-bond donors (Lipinski definition) is 0. The van der Waals surface area contributed by atoms with Crippen molar-refractivity contribution in [3.8, 4) is 11.5 Å². The summed E-state index contributed by atoms with van der Waals surface area (Å²) in [6.45, 7) is 8.85. The SMILES string of the molecule is CCOc1ccc(C(=O)N2CCC(C)CC2)cc1COc1ccccc1C. The predicted molar refractivity (Wildman–Crippen MR) is 107 cm³/mol. The minimum atomic E-state index is 0.0992. The Balaban J connectivity index is 1.77. The Morgan fingerprint density at radius 3 is 2.52 bits per heavy atom. The summed E-state index contributed by atoms with van der Waals surface area (Å²) in [6.07, 6.45) is 2.15. The standard InChI is InChI=1S/C23H29NO3/c1-4-26-22-10-9-19(23(25)24-13-11-17(2)12-14-24)15-20(22)16-27-21-8-6-5-7-18(21)3/h5-10,15,17H,4,11-14,16H2,1-3H3. The van der Waals surface area contributed by atoms with Crippen molar-refractivity contribution in [2.24, 2.45) is 5.92 Å². The number of rotatable bonds is 6. The number of piperidine rings is 1. The topological polar surface area (TPSA) is 38.8 Å². The molecule has 0 atom stereocenters. The van der Waals surface area contributed by atoms with Crippen molar-refractivity contribution < 1.29 is 14.3 Å². The summed E-state index contributed by atoms with van der Waals surface area (Å²) in [5.41, 5.74) is 2.69. The minimum absolute atomic E-state index is 0.0992. The molecule has 0 aliphatic carbocycles. The smallest absolute Gasteiger partial charge is 0.253 e. The lowest BCUT2D eigenvalue weighted by Gasteiger charge is -2.30. The van der Waals surface area contributed by atoms with Gasteiger partial charge >= 0.3 is 0 Å². The maximum atomic E-state index is 12.9. The molecule has 0 bridgehead atoms. The third-order valence-corrected chi connectivity index (χ3v) is 5.15. The zero-order valence-electron chi connectivity index (χ0n) is 16.5. The van der Waals surface area contributed by atoms with Gasteiger partial charge in [-0.15, -0.1) is 0 Å². The number of aryl methyl sites for hydroxylation is 1. The van der Waals surface area contributed by atoms with Crippen molar-refractivity contribution in [2.75, 3.05) is 19.7 Å². The van der Waals surface area contributed by atoms with Gasteiger partial charge in [-0.3, -0.25) is 4.79 Å². The Hall–Kier alpha value is -2.49. The Kier molecular flexibility index (Phi) is 6.38. The maximum absolute atomic E-state index is 12.9. The van der Waals surface area contributed by atoms with E-state index in [0.717, 1.165) is 48.6 Å². The zero-order chi connectivity index (χ0) is 19.2. The number of ether oxygens (including phenoxy) is 2. The van der Waals surface area contributed by atoms with Crippen LogP contribution < -0.4 is 9.47 Å². The van der Waals surface area contributed by atoms with Crippen LogP contribution in [0.25, 0.3) is 0 Å². The molecule has 2 aromatic rings. The van der Waals surface area contributed by atoms with E-state index in [2.05, 4.69) is 6.92 Å². The Labute approximate surface area is 162 Å². The van der Waals surface area contributed by atoms with Gasteiger partial charge in [0, 0.05) is 24.2 Å². The fraction of sp³-hybridized carbons (Fsp3) is 0.435. The van der Waals surface area contributed by atoms with Crippen molar-refractivity contribution >= 4 is 5.91 Å². The summed E-state index contributed by atoms with van der Waals surface area (Å²) < 4.78 is 11.7. The molecule has 0 unspecified atom stereocenters. The van der Waals surface area contributed by atoms with Gasteiger partial charge in [0.1, 0.15) is 18.1 Å². The van der Waals surface area contributed by atoms with Crippen LogP contribution in [0.5, 0.6) is 11.5 Å². The summed E-state index contributed by atoms with van der Waals surface area (Å²) in [6, 6.07) is 13.6. The molecule has 4 nitrogen and oxygen atoms in total. The maximum Gasteiger partial charge on any atom is 0.253 e. The van der Waals surface area contributed by atoms with Crippen molar-refractivity contribution in [3.05, 3.63) is 59.2 Å². The molecule has 0 N–H and O–H groups in total. The number of amides is 1. The predicted octanol–water partition coefficient (Wildman–Crippen LogP) is 4.84. The van der Waals surface area contributed by atoms with E-state index in [1.165, 1.54) is 0 Å². The molecule has 0 aromatic heterocycles. The lowest BCUT2D eigenvalue weighted by molar-refractivity contribution is 0.0697.